The maximum Gasteiger partial charge on any atom is 0.315 e. The van der Waals surface area contributed by atoms with Gasteiger partial charge in [0.05, 0.1) is 24.3 Å². The lowest BCUT2D eigenvalue weighted by Gasteiger charge is -2.18. The Balaban J connectivity index is 1.79. The van der Waals surface area contributed by atoms with Gasteiger partial charge in [-0.3, -0.25) is 4.79 Å². The number of furan rings is 1. The Bertz CT molecular complexity index is 953. The van der Waals surface area contributed by atoms with Crippen molar-refractivity contribution in [2.45, 2.75) is 32.6 Å². The summed E-state index contributed by atoms with van der Waals surface area (Å²) in [5.41, 5.74) is 3.29. The largest absolute Gasteiger partial charge is 0.464 e. The minimum atomic E-state index is -0.367. The molecule has 2 aromatic carbocycles. The maximum atomic E-state index is 12.2. The van der Waals surface area contributed by atoms with E-state index in [9.17, 15) is 4.79 Å². The van der Waals surface area contributed by atoms with Crippen LogP contribution in [0.3, 0.4) is 0 Å². The average Bonchev–Trinajstić information content (AvgIpc) is 2.97. The van der Waals surface area contributed by atoms with E-state index in [-0.39, 0.29) is 17.8 Å². The zero-order valence-corrected chi connectivity index (χ0v) is 14.5. The molecule has 0 saturated heterocycles. The van der Waals surface area contributed by atoms with Gasteiger partial charge in [-0.05, 0) is 47.4 Å². The van der Waals surface area contributed by atoms with Crippen molar-refractivity contribution in [3.05, 3.63) is 65.4 Å². The normalized spacial score (nSPS) is 11.3. The van der Waals surface area contributed by atoms with Gasteiger partial charge in [-0.2, -0.15) is 5.26 Å². The van der Waals surface area contributed by atoms with Gasteiger partial charge >= 0.3 is 5.97 Å². The average molecular weight is 333 g/mol. The number of nitrogens with zero attached hydrogens (tertiary/aromatic N) is 1. The predicted molar refractivity (Wildman–Crippen MR) is 95.4 cm³/mol. The number of carbonyl (C=O) groups is 1. The Hall–Kier alpha value is -3.06. The van der Waals surface area contributed by atoms with E-state index in [0.29, 0.717) is 11.3 Å². The van der Waals surface area contributed by atoms with E-state index in [1.165, 1.54) is 5.56 Å². The highest BCUT2D eigenvalue weighted by Gasteiger charge is 2.17. The molecule has 0 atom stereocenters. The Labute approximate surface area is 146 Å². The molecule has 4 heteroatoms. The molecule has 0 fully saturated rings. The molecule has 4 nitrogen and oxygen atoms in total. The minimum absolute atomic E-state index is 0.0196. The molecule has 1 heterocycles. The van der Waals surface area contributed by atoms with Crippen LogP contribution in [-0.4, -0.2) is 5.97 Å². The highest BCUT2D eigenvalue weighted by Crippen LogP contribution is 2.29. The second kappa shape index (κ2) is 6.45. The van der Waals surface area contributed by atoms with Crippen LogP contribution in [0.2, 0.25) is 0 Å². The first-order valence-electron chi connectivity index (χ1n) is 8.08. The molecule has 0 amide bonds. The molecule has 3 rings (SSSR count). The zero-order chi connectivity index (χ0) is 18.0. The number of fused-ring (bicyclic) bond motifs is 1. The first kappa shape index (κ1) is 16.8. The fourth-order valence-electron chi connectivity index (χ4n) is 2.61. The first-order chi connectivity index (χ1) is 11.9. The van der Waals surface area contributed by atoms with E-state index in [1.807, 2.05) is 18.2 Å². The second-order valence-electron chi connectivity index (χ2n) is 7.01. The summed E-state index contributed by atoms with van der Waals surface area (Å²) in [5.74, 6) is 0.0563. The van der Waals surface area contributed by atoms with Crippen LogP contribution in [0.1, 0.15) is 37.5 Å². The first-order valence-corrected chi connectivity index (χ1v) is 8.08. The van der Waals surface area contributed by atoms with Crippen molar-refractivity contribution >= 4 is 16.9 Å². The van der Waals surface area contributed by atoms with Gasteiger partial charge in [0.1, 0.15) is 11.3 Å². The standard InChI is InChI=1S/C21H19NO3/c1-21(2,3)16-6-9-19-18(11-16)15(13-24-19)10-20(23)25-17-7-4-14(12-22)5-8-17/h4-9,11,13H,10H2,1-3H3. The Morgan fingerprint density at radius 3 is 2.52 bits per heavy atom. The van der Waals surface area contributed by atoms with E-state index in [1.54, 1.807) is 30.5 Å². The fraction of sp³-hybridized carbons (Fsp3) is 0.238. The van der Waals surface area contributed by atoms with Crippen molar-refractivity contribution in [3.8, 4) is 11.8 Å². The van der Waals surface area contributed by atoms with Crippen LogP contribution < -0.4 is 4.74 Å². The van der Waals surface area contributed by atoms with Crippen LogP contribution in [0, 0.1) is 11.3 Å². The lowest BCUT2D eigenvalue weighted by Crippen LogP contribution is -2.12. The van der Waals surface area contributed by atoms with E-state index in [4.69, 9.17) is 14.4 Å². The summed E-state index contributed by atoms with van der Waals surface area (Å²) in [6.07, 6.45) is 1.73. The molecule has 0 aliphatic carbocycles. The molecule has 0 radical (unpaired) electrons. The topological polar surface area (TPSA) is 63.2 Å². The van der Waals surface area contributed by atoms with E-state index >= 15 is 0 Å². The zero-order valence-electron chi connectivity index (χ0n) is 14.5. The Morgan fingerprint density at radius 2 is 1.88 bits per heavy atom. The number of rotatable bonds is 3. The third-order valence-corrected chi connectivity index (χ3v) is 4.07. The maximum absolute atomic E-state index is 12.2. The summed E-state index contributed by atoms with van der Waals surface area (Å²) in [7, 11) is 0. The Morgan fingerprint density at radius 1 is 1.16 bits per heavy atom. The molecule has 0 aliphatic rings. The van der Waals surface area contributed by atoms with Crippen LogP contribution in [0.5, 0.6) is 5.75 Å². The third-order valence-electron chi connectivity index (χ3n) is 4.07. The molecule has 0 aliphatic heterocycles. The lowest BCUT2D eigenvalue weighted by molar-refractivity contribution is -0.133. The van der Waals surface area contributed by atoms with Gasteiger partial charge in [0.25, 0.3) is 0 Å². The monoisotopic (exact) mass is 333 g/mol. The van der Waals surface area contributed by atoms with Crippen molar-refractivity contribution < 1.29 is 13.9 Å². The molecule has 0 spiro atoms. The SMILES string of the molecule is CC(C)(C)c1ccc2occ(CC(=O)Oc3ccc(C#N)cc3)c2c1. The van der Waals surface area contributed by atoms with Gasteiger partial charge in [-0.25, -0.2) is 0 Å². The number of hydrogen-bond donors (Lipinski definition) is 0. The van der Waals surface area contributed by atoms with E-state index < -0.39 is 0 Å². The lowest BCUT2D eigenvalue weighted by atomic mass is 9.86. The molecule has 3 aromatic rings. The van der Waals surface area contributed by atoms with Crippen molar-refractivity contribution in [2.75, 3.05) is 0 Å². The van der Waals surface area contributed by atoms with Crippen LogP contribution in [0.25, 0.3) is 11.0 Å². The second-order valence-corrected chi connectivity index (χ2v) is 7.01. The number of ether oxygens (including phenoxy) is 1. The number of esters is 1. The highest BCUT2D eigenvalue weighted by molar-refractivity contribution is 5.87. The van der Waals surface area contributed by atoms with Crippen LogP contribution in [0.4, 0.5) is 0 Å². The summed E-state index contributed by atoms with van der Waals surface area (Å²) in [5, 5.41) is 9.73. The van der Waals surface area contributed by atoms with E-state index in [0.717, 1.165) is 16.5 Å². The quantitative estimate of drug-likeness (QED) is 0.512. The van der Waals surface area contributed by atoms with Crippen molar-refractivity contribution in [1.82, 2.24) is 0 Å². The van der Waals surface area contributed by atoms with Crippen molar-refractivity contribution in [3.63, 3.8) is 0 Å². The fourth-order valence-corrected chi connectivity index (χ4v) is 2.61. The molecule has 25 heavy (non-hydrogen) atoms. The van der Waals surface area contributed by atoms with Gasteiger partial charge in [0.15, 0.2) is 0 Å². The number of benzene rings is 2. The van der Waals surface area contributed by atoms with Crippen LogP contribution in [-0.2, 0) is 16.6 Å². The van der Waals surface area contributed by atoms with Gasteiger partial charge in [0.2, 0.25) is 0 Å². The predicted octanol–water partition coefficient (Wildman–Crippen LogP) is 4.75. The molecule has 0 unspecified atom stereocenters. The summed E-state index contributed by atoms with van der Waals surface area (Å²) < 4.78 is 10.9. The van der Waals surface area contributed by atoms with Gasteiger partial charge in [0, 0.05) is 10.9 Å². The summed E-state index contributed by atoms with van der Waals surface area (Å²) in [4.78, 5) is 12.2. The number of nitriles is 1. The number of carbonyl (C=O) groups excluding carboxylic acids is 1. The molecule has 0 N–H and O–H groups in total. The number of hydrogen-bond acceptors (Lipinski definition) is 4. The van der Waals surface area contributed by atoms with E-state index in [2.05, 4.69) is 26.8 Å². The summed E-state index contributed by atoms with van der Waals surface area (Å²) >= 11 is 0. The van der Waals surface area contributed by atoms with Crippen molar-refractivity contribution in [1.29, 1.82) is 5.26 Å². The molecule has 0 saturated carbocycles. The van der Waals surface area contributed by atoms with Crippen LogP contribution >= 0.6 is 0 Å². The molecular formula is C21H19NO3. The van der Waals surface area contributed by atoms with Gasteiger partial charge < -0.3 is 9.15 Å². The molecule has 0 bridgehead atoms. The minimum Gasteiger partial charge on any atom is -0.464 e. The van der Waals surface area contributed by atoms with Crippen LogP contribution in [0.15, 0.2) is 53.1 Å². The van der Waals surface area contributed by atoms with Gasteiger partial charge in [-0.15, -0.1) is 0 Å². The molecule has 126 valence electrons. The smallest absolute Gasteiger partial charge is 0.315 e. The summed E-state index contributed by atoms with van der Waals surface area (Å²) in [6, 6.07) is 14.5. The van der Waals surface area contributed by atoms with Gasteiger partial charge in [-0.1, -0.05) is 26.8 Å². The summed E-state index contributed by atoms with van der Waals surface area (Å²) in [6.45, 7) is 6.44. The Kier molecular flexibility index (Phi) is 4.33. The molecule has 1 aromatic heterocycles. The third kappa shape index (κ3) is 3.72. The highest BCUT2D eigenvalue weighted by atomic mass is 16.5. The molecular weight excluding hydrogens is 314 g/mol. The van der Waals surface area contributed by atoms with Crippen molar-refractivity contribution in [2.24, 2.45) is 0 Å².